The van der Waals surface area contributed by atoms with Crippen LogP contribution >= 0.6 is 0 Å². The number of hydrogen-bond donors (Lipinski definition) is 4. The standard InChI is InChI=1S/C42H49N9O3/c1-5-36-34(39(48-32-16-20-54-21-17-32)35-27-47-51(7-3)40(35)50-36)26-46-42(53)38-13-9-12-37(49-38)41(52)45-25-30-15-14-28(4)33(23-30)31-11-8-10-29(22-31)24-44-19-18-43-6-2/h6,8-15,19,22-23,27,32,43H,2,5,7,16-18,20-21,24-26H2,1,3-4H3,(H,45,52)(H,46,53)(H,48,50). The molecule has 0 aliphatic carbocycles. The van der Waals surface area contributed by atoms with Gasteiger partial charge in [0.05, 0.1) is 23.8 Å². The van der Waals surface area contributed by atoms with E-state index in [4.69, 9.17) is 9.72 Å². The molecule has 5 aromatic rings. The van der Waals surface area contributed by atoms with Crippen LogP contribution in [0.3, 0.4) is 0 Å². The maximum Gasteiger partial charge on any atom is 0.270 e. The first kappa shape index (κ1) is 37.9. The van der Waals surface area contributed by atoms with Gasteiger partial charge in [-0.3, -0.25) is 14.6 Å². The Hall–Kier alpha value is -5.88. The minimum atomic E-state index is -0.377. The van der Waals surface area contributed by atoms with Crippen LogP contribution in [0.5, 0.6) is 0 Å². The Bertz CT molecular complexity index is 2140. The molecule has 1 fully saturated rings. The molecule has 280 valence electrons. The zero-order valence-electron chi connectivity index (χ0n) is 31.3. The largest absolute Gasteiger partial charge is 0.386 e. The van der Waals surface area contributed by atoms with Gasteiger partial charge in [0.25, 0.3) is 11.8 Å². The molecule has 1 saturated heterocycles. The van der Waals surface area contributed by atoms with E-state index in [1.54, 1.807) is 24.4 Å². The maximum absolute atomic E-state index is 13.5. The number of carbonyl (C=O) groups is 2. The number of ether oxygens (including phenoxy) is 1. The number of nitrogens with zero attached hydrogens (tertiary/aromatic N) is 5. The number of benzene rings is 2. The first-order valence-electron chi connectivity index (χ1n) is 18.6. The Morgan fingerprint density at radius 1 is 0.963 bits per heavy atom. The van der Waals surface area contributed by atoms with Gasteiger partial charge in [0.1, 0.15) is 11.4 Å². The number of anilines is 1. The first-order valence-corrected chi connectivity index (χ1v) is 18.6. The van der Waals surface area contributed by atoms with Crippen molar-refractivity contribution in [2.24, 2.45) is 4.99 Å². The molecule has 4 heterocycles. The molecule has 0 spiro atoms. The van der Waals surface area contributed by atoms with Gasteiger partial charge in [-0.2, -0.15) is 5.10 Å². The molecule has 1 aliphatic rings. The van der Waals surface area contributed by atoms with Crippen molar-refractivity contribution >= 4 is 34.7 Å². The van der Waals surface area contributed by atoms with Crippen molar-refractivity contribution in [3.05, 3.63) is 119 Å². The number of aromatic nitrogens is 4. The third-order valence-electron chi connectivity index (χ3n) is 9.57. The van der Waals surface area contributed by atoms with E-state index in [2.05, 4.69) is 87.1 Å². The minimum Gasteiger partial charge on any atom is -0.386 e. The molecule has 54 heavy (non-hydrogen) atoms. The molecule has 2 aromatic carbocycles. The molecule has 4 N–H and O–H groups in total. The van der Waals surface area contributed by atoms with Crippen molar-refractivity contribution in [3.8, 4) is 11.1 Å². The van der Waals surface area contributed by atoms with Gasteiger partial charge in [0.15, 0.2) is 5.65 Å². The van der Waals surface area contributed by atoms with E-state index in [9.17, 15) is 9.59 Å². The van der Waals surface area contributed by atoms with Crippen LogP contribution in [0.1, 0.15) is 75.6 Å². The molecule has 3 aromatic heterocycles. The van der Waals surface area contributed by atoms with Crippen molar-refractivity contribution in [3.63, 3.8) is 0 Å². The summed E-state index contributed by atoms with van der Waals surface area (Å²) in [6.45, 7) is 13.7. The molecule has 0 radical (unpaired) electrons. The lowest BCUT2D eigenvalue weighted by molar-refractivity contribution is 0.0904. The second kappa shape index (κ2) is 18.2. The number of carbonyl (C=O) groups excluding carboxylic acids is 2. The highest BCUT2D eigenvalue weighted by Gasteiger charge is 2.22. The zero-order chi connectivity index (χ0) is 37.9. The Labute approximate surface area is 316 Å². The van der Waals surface area contributed by atoms with E-state index in [1.165, 1.54) is 0 Å². The Morgan fingerprint density at radius 3 is 2.46 bits per heavy atom. The summed E-state index contributed by atoms with van der Waals surface area (Å²) >= 11 is 0. The second-order valence-corrected chi connectivity index (χ2v) is 13.3. The fourth-order valence-corrected chi connectivity index (χ4v) is 6.62. The Kier molecular flexibility index (Phi) is 12.8. The highest BCUT2D eigenvalue weighted by molar-refractivity contribution is 5.97. The van der Waals surface area contributed by atoms with Crippen LogP contribution in [-0.4, -0.2) is 63.6 Å². The summed E-state index contributed by atoms with van der Waals surface area (Å²) in [6, 6.07) is 19.6. The summed E-state index contributed by atoms with van der Waals surface area (Å²) in [7, 11) is 0. The van der Waals surface area contributed by atoms with Gasteiger partial charge >= 0.3 is 0 Å². The molecule has 6 rings (SSSR count). The number of aliphatic imine (C=N–C) groups is 1. The summed E-state index contributed by atoms with van der Waals surface area (Å²) in [4.78, 5) is 40.7. The van der Waals surface area contributed by atoms with Gasteiger partial charge in [0, 0.05) is 62.9 Å². The molecule has 0 saturated carbocycles. The van der Waals surface area contributed by atoms with Crippen molar-refractivity contribution in [1.82, 2.24) is 35.7 Å². The molecule has 1 aliphatic heterocycles. The molecule has 12 nitrogen and oxygen atoms in total. The molecular formula is C42H49N9O3. The predicted molar refractivity (Wildman–Crippen MR) is 214 cm³/mol. The molecule has 0 unspecified atom stereocenters. The average Bonchev–Trinajstić information content (AvgIpc) is 3.63. The van der Waals surface area contributed by atoms with Gasteiger partial charge in [-0.05, 0) is 91.4 Å². The lowest BCUT2D eigenvalue weighted by Gasteiger charge is -2.26. The van der Waals surface area contributed by atoms with E-state index in [0.717, 1.165) is 68.6 Å². The minimum absolute atomic E-state index is 0.159. The van der Waals surface area contributed by atoms with Gasteiger partial charge in [-0.1, -0.05) is 49.9 Å². The lowest BCUT2D eigenvalue weighted by atomic mass is 9.96. The monoisotopic (exact) mass is 727 g/mol. The van der Waals surface area contributed by atoms with E-state index in [0.29, 0.717) is 45.8 Å². The predicted octanol–water partition coefficient (Wildman–Crippen LogP) is 6.14. The van der Waals surface area contributed by atoms with Gasteiger partial charge < -0.3 is 26.0 Å². The number of pyridine rings is 2. The molecule has 2 amide bonds. The van der Waals surface area contributed by atoms with Crippen molar-refractivity contribution in [2.45, 2.75) is 72.3 Å². The first-order chi connectivity index (χ1) is 26.4. The van der Waals surface area contributed by atoms with Gasteiger partial charge in [0.2, 0.25) is 0 Å². The van der Waals surface area contributed by atoms with Gasteiger partial charge in [-0.15, -0.1) is 0 Å². The van der Waals surface area contributed by atoms with Crippen molar-refractivity contribution < 1.29 is 14.3 Å². The fraction of sp³-hybridized carbons (Fsp3) is 0.333. The highest BCUT2D eigenvalue weighted by Crippen LogP contribution is 2.31. The zero-order valence-corrected chi connectivity index (χ0v) is 31.3. The SMILES string of the molecule is C=CNCC=NCc1cccc(-c2cc(CNC(=O)c3cccc(C(=O)NCc4c(CC)nc5c(cnn5CC)c4NC4CCOCC4)n3)ccc2C)c1. The second-order valence-electron chi connectivity index (χ2n) is 13.3. The molecule has 12 heteroatoms. The quantitative estimate of drug-likeness (QED) is 0.0701. The van der Waals surface area contributed by atoms with Crippen LogP contribution in [0, 0.1) is 6.92 Å². The number of fused-ring (bicyclic) bond motifs is 1. The van der Waals surface area contributed by atoms with Crippen LogP contribution < -0.4 is 21.3 Å². The molecular weight excluding hydrogens is 679 g/mol. The number of rotatable bonds is 16. The number of nitrogens with one attached hydrogen (secondary N) is 4. The summed E-state index contributed by atoms with van der Waals surface area (Å²) in [5, 5.41) is 18.3. The maximum atomic E-state index is 13.5. The van der Waals surface area contributed by atoms with E-state index < -0.39 is 0 Å². The number of aryl methyl sites for hydroxylation is 3. The summed E-state index contributed by atoms with van der Waals surface area (Å²) in [5.74, 6) is -0.742. The van der Waals surface area contributed by atoms with Crippen molar-refractivity contribution in [1.29, 1.82) is 0 Å². The lowest BCUT2D eigenvalue weighted by Crippen LogP contribution is -2.30. The summed E-state index contributed by atoms with van der Waals surface area (Å²) in [6.07, 6.45) is 7.80. The van der Waals surface area contributed by atoms with Crippen LogP contribution in [0.2, 0.25) is 0 Å². The highest BCUT2D eigenvalue weighted by atomic mass is 16.5. The summed E-state index contributed by atoms with van der Waals surface area (Å²) < 4.78 is 7.49. The van der Waals surface area contributed by atoms with Crippen molar-refractivity contribution in [2.75, 3.05) is 25.1 Å². The third-order valence-corrected chi connectivity index (χ3v) is 9.57. The topological polar surface area (TPSA) is 147 Å². The molecule has 0 bridgehead atoms. The Balaban J connectivity index is 1.12. The average molecular weight is 728 g/mol. The van der Waals surface area contributed by atoms with E-state index in [-0.39, 0.29) is 35.8 Å². The summed E-state index contributed by atoms with van der Waals surface area (Å²) in [5.41, 5.74) is 9.26. The van der Waals surface area contributed by atoms with E-state index >= 15 is 0 Å². The van der Waals surface area contributed by atoms with Crippen LogP contribution in [0.25, 0.3) is 22.2 Å². The van der Waals surface area contributed by atoms with Crippen LogP contribution in [0.4, 0.5) is 5.69 Å². The smallest absolute Gasteiger partial charge is 0.270 e. The fourth-order valence-electron chi connectivity index (χ4n) is 6.62. The number of amides is 2. The van der Waals surface area contributed by atoms with Crippen LogP contribution in [-0.2, 0) is 37.3 Å². The third kappa shape index (κ3) is 9.18. The Morgan fingerprint density at radius 2 is 1.72 bits per heavy atom. The van der Waals surface area contributed by atoms with Crippen LogP contribution in [0.15, 0.2) is 84.6 Å². The number of hydrogen-bond acceptors (Lipinski definition) is 9. The molecule has 0 atom stereocenters. The van der Waals surface area contributed by atoms with E-state index in [1.807, 2.05) is 36.1 Å². The normalized spacial score (nSPS) is 13.2. The van der Waals surface area contributed by atoms with Gasteiger partial charge in [-0.25, -0.2) is 14.6 Å².